The standard InChI is InChI=1S/C9H20O3Si/c1-4-7-8-9-12-13(10-5-2)11-6-3/h4,13H,1,5-9H2,2-3H3. The van der Waals surface area contributed by atoms with Gasteiger partial charge in [0.15, 0.2) is 0 Å². The predicted octanol–water partition coefficient (Wildman–Crippen LogP) is 1.76. The average molecular weight is 204 g/mol. The smallest absolute Gasteiger partial charge is 0.376 e. The SMILES string of the molecule is C=CCCCO[SiH](OCC)OCC. The summed E-state index contributed by atoms with van der Waals surface area (Å²) in [5.41, 5.74) is 0. The molecule has 0 radical (unpaired) electrons. The van der Waals surface area contributed by atoms with E-state index in [1.807, 2.05) is 19.9 Å². The fourth-order valence-electron chi connectivity index (χ4n) is 0.824. The summed E-state index contributed by atoms with van der Waals surface area (Å²) >= 11 is 0. The molecule has 0 aromatic rings. The molecule has 0 atom stereocenters. The van der Waals surface area contributed by atoms with E-state index < -0.39 is 9.53 Å². The summed E-state index contributed by atoms with van der Waals surface area (Å²) in [6.45, 7) is 9.59. The number of allylic oxidation sites excluding steroid dienone is 1. The van der Waals surface area contributed by atoms with Crippen molar-refractivity contribution in [3.05, 3.63) is 12.7 Å². The minimum absolute atomic E-state index is 0.665. The summed E-state index contributed by atoms with van der Waals surface area (Å²) in [4.78, 5) is 0. The molecular weight excluding hydrogens is 184 g/mol. The zero-order valence-corrected chi connectivity index (χ0v) is 9.78. The molecule has 0 amide bonds. The van der Waals surface area contributed by atoms with Gasteiger partial charge in [-0.2, -0.15) is 0 Å². The van der Waals surface area contributed by atoms with Gasteiger partial charge < -0.3 is 13.3 Å². The summed E-state index contributed by atoms with van der Waals surface area (Å²) < 4.78 is 16.1. The van der Waals surface area contributed by atoms with Crippen LogP contribution >= 0.6 is 0 Å². The fraction of sp³-hybridized carbons (Fsp3) is 0.778. The van der Waals surface area contributed by atoms with Gasteiger partial charge in [-0.15, -0.1) is 6.58 Å². The first-order chi connectivity index (χ1) is 6.35. The largest absolute Gasteiger partial charge is 0.484 e. The molecule has 0 aromatic carbocycles. The monoisotopic (exact) mass is 204 g/mol. The van der Waals surface area contributed by atoms with Crippen LogP contribution in [0.15, 0.2) is 12.7 Å². The molecule has 0 bridgehead atoms. The highest BCUT2D eigenvalue weighted by atomic mass is 28.3. The highest BCUT2D eigenvalue weighted by molar-refractivity contribution is 6.36. The molecule has 0 unspecified atom stereocenters. The Labute approximate surface area is 82.7 Å². The molecule has 4 heteroatoms. The lowest BCUT2D eigenvalue weighted by atomic mass is 10.3. The average Bonchev–Trinajstić information content (AvgIpc) is 2.13. The Morgan fingerprint density at radius 1 is 1.15 bits per heavy atom. The van der Waals surface area contributed by atoms with Crippen molar-refractivity contribution in [1.29, 1.82) is 0 Å². The summed E-state index contributed by atoms with van der Waals surface area (Å²) in [6.07, 6.45) is 3.87. The Morgan fingerprint density at radius 2 is 1.77 bits per heavy atom. The van der Waals surface area contributed by atoms with E-state index in [-0.39, 0.29) is 0 Å². The Balaban J connectivity index is 3.37. The van der Waals surface area contributed by atoms with Gasteiger partial charge in [0.2, 0.25) is 0 Å². The van der Waals surface area contributed by atoms with Gasteiger partial charge in [-0.25, -0.2) is 0 Å². The minimum Gasteiger partial charge on any atom is -0.376 e. The second-order valence-electron chi connectivity index (χ2n) is 2.50. The van der Waals surface area contributed by atoms with Crippen molar-refractivity contribution in [2.24, 2.45) is 0 Å². The Morgan fingerprint density at radius 3 is 2.23 bits per heavy atom. The van der Waals surface area contributed by atoms with Gasteiger partial charge in [-0.05, 0) is 26.7 Å². The maximum Gasteiger partial charge on any atom is 0.484 e. The van der Waals surface area contributed by atoms with Crippen LogP contribution in [0.1, 0.15) is 26.7 Å². The van der Waals surface area contributed by atoms with Crippen LogP contribution in [0.25, 0.3) is 0 Å². The van der Waals surface area contributed by atoms with E-state index in [0.717, 1.165) is 12.8 Å². The van der Waals surface area contributed by atoms with Crippen molar-refractivity contribution < 1.29 is 13.3 Å². The Bertz CT molecular complexity index is 113. The number of rotatable bonds is 9. The molecule has 0 saturated carbocycles. The van der Waals surface area contributed by atoms with Crippen molar-refractivity contribution in [2.75, 3.05) is 19.8 Å². The number of hydrogen-bond acceptors (Lipinski definition) is 3. The molecule has 0 aromatic heterocycles. The van der Waals surface area contributed by atoms with Crippen LogP contribution in [-0.2, 0) is 13.3 Å². The molecule has 3 nitrogen and oxygen atoms in total. The molecule has 0 aliphatic rings. The minimum atomic E-state index is -1.81. The molecule has 0 fully saturated rings. The lowest BCUT2D eigenvalue weighted by molar-refractivity contribution is 0.101. The third-order valence-corrected chi connectivity index (χ3v) is 3.13. The summed E-state index contributed by atoms with van der Waals surface area (Å²) in [5, 5.41) is 0. The van der Waals surface area contributed by atoms with E-state index in [9.17, 15) is 0 Å². The highest BCUT2D eigenvalue weighted by Crippen LogP contribution is 1.96. The second kappa shape index (κ2) is 9.92. The summed E-state index contributed by atoms with van der Waals surface area (Å²) in [7, 11) is -1.81. The van der Waals surface area contributed by atoms with Crippen LogP contribution in [0.5, 0.6) is 0 Å². The first kappa shape index (κ1) is 12.8. The molecule has 0 saturated heterocycles. The molecule has 0 rings (SSSR count). The molecular formula is C9H20O3Si. The van der Waals surface area contributed by atoms with Gasteiger partial charge in [-0.1, -0.05) is 6.08 Å². The second-order valence-corrected chi connectivity index (χ2v) is 4.08. The first-order valence-corrected chi connectivity index (χ1v) is 6.22. The third kappa shape index (κ3) is 8.17. The predicted molar refractivity (Wildman–Crippen MR) is 55.8 cm³/mol. The molecule has 78 valence electrons. The van der Waals surface area contributed by atoms with Crippen LogP contribution in [0.4, 0.5) is 0 Å². The summed E-state index contributed by atoms with van der Waals surface area (Å²) in [6, 6.07) is 0. The molecule has 0 spiro atoms. The molecule has 0 N–H and O–H groups in total. The van der Waals surface area contributed by atoms with Gasteiger partial charge in [0.1, 0.15) is 0 Å². The first-order valence-electron chi connectivity index (χ1n) is 4.80. The number of unbranched alkanes of at least 4 members (excludes halogenated alkanes) is 1. The van der Waals surface area contributed by atoms with Crippen molar-refractivity contribution in [1.82, 2.24) is 0 Å². The van der Waals surface area contributed by atoms with Crippen LogP contribution in [0.2, 0.25) is 0 Å². The maximum absolute atomic E-state index is 5.47. The normalized spacial score (nSPS) is 10.7. The Kier molecular flexibility index (Phi) is 9.80. The molecule has 0 aliphatic heterocycles. The number of hydrogen-bond donors (Lipinski definition) is 0. The fourth-order valence-corrected chi connectivity index (χ4v) is 2.02. The van der Waals surface area contributed by atoms with E-state index >= 15 is 0 Å². The highest BCUT2D eigenvalue weighted by Gasteiger charge is 2.12. The van der Waals surface area contributed by atoms with Gasteiger partial charge in [-0.3, -0.25) is 0 Å². The van der Waals surface area contributed by atoms with Crippen LogP contribution < -0.4 is 0 Å². The zero-order valence-electron chi connectivity index (χ0n) is 8.62. The van der Waals surface area contributed by atoms with E-state index in [1.165, 1.54) is 0 Å². The zero-order chi connectivity index (χ0) is 9.94. The van der Waals surface area contributed by atoms with Crippen molar-refractivity contribution in [3.8, 4) is 0 Å². The van der Waals surface area contributed by atoms with Crippen molar-refractivity contribution >= 4 is 9.53 Å². The lowest BCUT2D eigenvalue weighted by Crippen LogP contribution is -2.27. The van der Waals surface area contributed by atoms with E-state index in [0.29, 0.717) is 19.8 Å². The quantitative estimate of drug-likeness (QED) is 0.325. The lowest BCUT2D eigenvalue weighted by Gasteiger charge is -2.14. The van der Waals surface area contributed by atoms with Crippen LogP contribution in [-0.4, -0.2) is 29.3 Å². The Hall–Kier alpha value is -0.163. The topological polar surface area (TPSA) is 27.7 Å². The van der Waals surface area contributed by atoms with E-state index in [2.05, 4.69) is 6.58 Å². The van der Waals surface area contributed by atoms with Crippen LogP contribution in [0, 0.1) is 0 Å². The van der Waals surface area contributed by atoms with Gasteiger partial charge in [0.25, 0.3) is 0 Å². The van der Waals surface area contributed by atoms with Gasteiger partial charge in [0.05, 0.1) is 0 Å². The van der Waals surface area contributed by atoms with Crippen molar-refractivity contribution in [3.63, 3.8) is 0 Å². The van der Waals surface area contributed by atoms with Crippen molar-refractivity contribution in [2.45, 2.75) is 26.7 Å². The van der Waals surface area contributed by atoms with Crippen LogP contribution in [0.3, 0.4) is 0 Å². The maximum atomic E-state index is 5.47. The van der Waals surface area contributed by atoms with Gasteiger partial charge >= 0.3 is 9.53 Å². The summed E-state index contributed by atoms with van der Waals surface area (Å²) in [5.74, 6) is 0. The molecule has 0 aliphatic carbocycles. The van der Waals surface area contributed by atoms with E-state index in [4.69, 9.17) is 13.3 Å². The van der Waals surface area contributed by atoms with E-state index in [1.54, 1.807) is 0 Å². The third-order valence-electron chi connectivity index (χ3n) is 1.41. The molecule has 0 heterocycles. The van der Waals surface area contributed by atoms with Gasteiger partial charge in [0, 0.05) is 19.8 Å². The molecule has 13 heavy (non-hydrogen) atoms.